The van der Waals surface area contributed by atoms with Gasteiger partial charge in [-0.3, -0.25) is 9.59 Å². The second kappa shape index (κ2) is 10.7. The smallest absolute Gasteiger partial charge is 0.234 e. The molecule has 0 fully saturated rings. The zero-order chi connectivity index (χ0) is 23.3. The number of halogens is 1. The molecular formula is C23H26ClN5O2S. The van der Waals surface area contributed by atoms with Crippen molar-refractivity contribution in [2.75, 3.05) is 16.4 Å². The maximum absolute atomic E-state index is 12.5. The van der Waals surface area contributed by atoms with Crippen LogP contribution in [0.15, 0.2) is 41.6 Å². The predicted octanol–water partition coefficient (Wildman–Crippen LogP) is 4.79. The molecule has 0 aliphatic heterocycles. The zero-order valence-electron chi connectivity index (χ0n) is 18.5. The van der Waals surface area contributed by atoms with Gasteiger partial charge in [-0.2, -0.15) is 0 Å². The van der Waals surface area contributed by atoms with Crippen LogP contribution >= 0.6 is 23.4 Å². The van der Waals surface area contributed by atoms with Crippen molar-refractivity contribution in [2.24, 2.45) is 0 Å². The molecule has 3 rings (SSSR count). The van der Waals surface area contributed by atoms with Gasteiger partial charge in [0.25, 0.3) is 0 Å². The predicted molar refractivity (Wildman–Crippen MR) is 129 cm³/mol. The van der Waals surface area contributed by atoms with Crippen molar-refractivity contribution in [3.63, 3.8) is 0 Å². The summed E-state index contributed by atoms with van der Waals surface area (Å²) in [7, 11) is 0. The average molecular weight is 472 g/mol. The summed E-state index contributed by atoms with van der Waals surface area (Å²) in [4.78, 5) is 24.9. The van der Waals surface area contributed by atoms with Crippen LogP contribution in [0.5, 0.6) is 0 Å². The zero-order valence-corrected chi connectivity index (χ0v) is 20.1. The molecule has 1 aromatic heterocycles. The molecule has 2 amide bonds. The number of rotatable bonds is 8. The molecule has 168 valence electrons. The standard InChI is InChI=1S/C23H26ClN5O2S/c1-5-29-20(12-21(30)25-17-8-7-15(3)18(24)11-17)27-28-23(29)32-13-22(31)26-19-9-6-14(2)10-16(19)4/h6-11H,5,12-13H2,1-4H3,(H,25,30)(H,26,31). The number of anilines is 2. The molecule has 0 aliphatic carbocycles. The van der Waals surface area contributed by atoms with Crippen LogP contribution in [0, 0.1) is 20.8 Å². The Bertz CT molecular complexity index is 1150. The quantitative estimate of drug-likeness (QED) is 0.461. The Kier molecular flexibility index (Phi) is 7.93. The van der Waals surface area contributed by atoms with Crippen LogP contribution in [0.3, 0.4) is 0 Å². The van der Waals surface area contributed by atoms with Crippen molar-refractivity contribution >= 4 is 46.6 Å². The highest BCUT2D eigenvalue weighted by Crippen LogP contribution is 2.22. The lowest BCUT2D eigenvalue weighted by atomic mass is 10.1. The molecule has 7 nitrogen and oxygen atoms in total. The Labute approximate surface area is 197 Å². The maximum atomic E-state index is 12.5. The van der Waals surface area contributed by atoms with Crippen LogP contribution in [-0.2, 0) is 22.6 Å². The second-order valence-electron chi connectivity index (χ2n) is 7.49. The molecule has 0 radical (unpaired) electrons. The molecule has 0 saturated heterocycles. The van der Waals surface area contributed by atoms with Gasteiger partial charge in [0.15, 0.2) is 5.16 Å². The summed E-state index contributed by atoms with van der Waals surface area (Å²) in [6, 6.07) is 11.3. The number of nitrogens with one attached hydrogen (secondary N) is 2. The fraction of sp³-hybridized carbons (Fsp3) is 0.304. The molecular weight excluding hydrogens is 446 g/mol. The lowest BCUT2D eigenvalue weighted by molar-refractivity contribution is -0.116. The number of aryl methyl sites for hydroxylation is 3. The number of nitrogens with zero attached hydrogens (tertiary/aromatic N) is 3. The number of carbonyl (C=O) groups is 2. The van der Waals surface area contributed by atoms with Crippen molar-refractivity contribution in [2.45, 2.75) is 45.8 Å². The van der Waals surface area contributed by atoms with E-state index in [2.05, 4.69) is 20.8 Å². The third kappa shape index (κ3) is 6.11. The molecule has 32 heavy (non-hydrogen) atoms. The second-order valence-corrected chi connectivity index (χ2v) is 8.84. The van der Waals surface area contributed by atoms with E-state index in [-0.39, 0.29) is 24.0 Å². The number of carbonyl (C=O) groups excluding carboxylic acids is 2. The fourth-order valence-corrected chi connectivity index (χ4v) is 4.17. The van der Waals surface area contributed by atoms with E-state index in [4.69, 9.17) is 11.6 Å². The summed E-state index contributed by atoms with van der Waals surface area (Å²) in [5.41, 5.74) is 4.53. The summed E-state index contributed by atoms with van der Waals surface area (Å²) in [5.74, 6) is 0.402. The Morgan fingerprint density at radius 1 is 1.00 bits per heavy atom. The first-order chi connectivity index (χ1) is 15.3. The number of thioether (sulfide) groups is 1. The lowest BCUT2D eigenvalue weighted by Crippen LogP contribution is -2.18. The largest absolute Gasteiger partial charge is 0.326 e. The van der Waals surface area contributed by atoms with Crippen molar-refractivity contribution in [1.82, 2.24) is 14.8 Å². The molecule has 3 aromatic rings. The van der Waals surface area contributed by atoms with Crippen LogP contribution in [-0.4, -0.2) is 32.3 Å². The van der Waals surface area contributed by atoms with Gasteiger partial charge in [0.1, 0.15) is 5.82 Å². The van der Waals surface area contributed by atoms with E-state index in [1.165, 1.54) is 11.8 Å². The van der Waals surface area contributed by atoms with E-state index in [0.717, 1.165) is 22.4 Å². The Morgan fingerprint density at radius 2 is 1.78 bits per heavy atom. The van der Waals surface area contributed by atoms with Gasteiger partial charge in [-0.05, 0) is 57.0 Å². The van der Waals surface area contributed by atoms with Crippen molar-refractivity contribution in [3.8, 4) is 0 Å². The van der Waals surface area contributed by atoms with Crippen LogP contribution in [0.2, 0.25) is 5.02 Å². The SMILES string of the molecule is CCn1c(CC(=O)Nc2ccc(C)c(Cl)c2)nnc1SCC(=O)Nc1ccc(C)cc1C. The highest BCUT2D eigenvalue weighted by atomic mass is 35.5. The molecule has 2 aromatic carbocycles. The topological polar surface area (TPSA) is 88.9 Å². The van der Waals surface area contributed by atoms with Crippen molar-refractivity contribution in [1.29, 1.82) is 0 Å². The Morgan fingerprint density at radius 3 is 2.47 bits per heavy atom. The number of benzene rings is 2. The van der Waals surface area contributed by atoms with E-state index in [0.29, 0.717) is 28.2 Å². The Hall–Kier alpha value is -2.84. The highest BCUT2D eigenvalue weighted by Gasteiger charge is 2.16. The lowest BCUT2D eigenvalue weighted by Gasteiger charge is -2.10. The van der Waals surface area contributed by atoms with Crippen LogP contribution in [0.25, 0.3) is 0 Å². The third-order valence-corrected chi connectivity index (χ3v) is 6.25. The summed E-state index contributed by atoms with van der Waals surface area (Å²) < 4.78 is 1.84. The molecule has 0 unspecified atom stereocenters. The first kappa shape index (κ1) is 23.8. The molecule has 1 heterocycles. The van der Waals surface area contributed by atoms with Crippen LogP contribution in [0.1, 0.15) is 29.4 Å². The third-order valence-electron chi connectivity index (χ3n) is 4.87. The van der Waals surface area contributed by atoms with Gasteiger partial charge in [0, 0.05) is 22.9 Å². The van der Waals surface area contributed by atoms with Gasteiger partial charge in [-0.1, -0.05) is 47.1 Å². The minimum atomic E-state index is -0.212. The van der Waals surface area contributed by atoms with Gasteiger partial charge in [0.2, 0.25) is 11.8 Å². The summed E-state index contributed by atoms with van der Waals surface area (Å²) in [5, 5.41) is 15.3. The molecule has 9 heteroatoms. The Balaban J connectivity index is 1.59. The normalized spacial score (nSPS) is 10.8. The van der Waals surface area contributed by atoms with Crippen LogP contribution in [0.4, 0.5) is 11.4 Å². The van der Waals surface area contributed by atoms with Gasteiger partial charge in [0.05, 0.1) is 12.2 Å². The van der Waals surface area contributed by atoms with E-state index >= 15 is 0 Å². The first-order valence-electron chi connectivity index (χ1n) is 10.2. The van der Waals surface area contributed by atoms with Crippen molar-refractivity contribution in [3.05, 3.63) is 63.9 Å². The number of aromatic nitrogens is 3. The van der Waals surface area contributed by atoms with Gasteiger partial charge in [-0.25, -0.2) is 0 Å². The number of hydrogen-bond acceptors (Lipinski definition) is 5. The van der Waals surface area contributed by atoms with E-state index in [1.807, 2.05) is 56.5 Å². The minimum absolute atomic E-state index is 0.0711. The van der Waals surface area contributed by atoms with Gasteiger partial charge >= 0.3 is 0 Å². The molecule has 0 bridgehead atoms. The fourth-order valence-electron chi connectivity index (χ4n) is 3.16. The van der Waals surface area contributed by atoms with Gasteiger partial charge < -0.3 is 15.2 Å². The van der Waals surface area contributed by atoms with E-state index in [1.54, 1.807) is 12.1 Å². The van der Waals surface area contributed by atoms with Crippen molar-refractivity contribution < 1.29 is 9.59 Å². The monoisotopic (exact) mass is 471 g/mol. The summed E-state index contributed by atoms with van der Waals surface area (Å²) in [6.45, 7) is 8.42. The molecule has 0 saturated carbocycles. The summed E-state index contributed by atoms with van der Waals surface area (Å²) >= 11 is 7.41. The molecule has 0 aliphatic rings. The molecule has 0 atom stereocenters. The maximum Gasteiger partial charge on any atom is 0.234 e. The molecule has 0 spiro atoms. The number of hydrogen-bond donors (Lipinski definition) is 2. The van der Waals surface area contributed by atoms with E-state index < -0.39 is 0 Å². The van der Waals surface area contributed by atoms with Gasteiger partial charge in [-0.15, -0.1) is 10.2 Å². The average Bonchev–Trinajstić information content (AvgIpc) is 3.12. The first-order valence-corrected chi connectivity index (χ1v) is 11.6. The number of amides is 2. The highest BCUT2D eigenvalue weighted by molar-refractivity contribution is 7.99. The van der Waals surface area contributed by atoms with Crippen LogP contribution < -0.4 is 10.6 Å². The van der Waals surface area contributed by atoms with E-state index in [9.17, 15) is 9.59 Å². The summed E-state index contributed by atoms with van der Waals surface area (Å²) in [6.07, 6.45) is 0.0711. The minimum Gasteiger partial charge on any atom is -0.326 e. The molecule has 2 N–H and O–H groups in total.